The Bertz CT molecular complexity index is 1030. The summed E-state index contributed by atoms with van der Waals surface area (Å²) in [5.41, 5.74) is 2.19. The average molecular weight is 446 g/mol. The molecule has 0 spiro atoms. The van der Waals surface area contributed by atoms with E-state index in [9.17, 15) is 9.59 Å². The molecular weight excluding hydrogens is 414 g/mol. The third-order valence-corrected chi connectivity index (χ3v) is 5.33. The van der Waals surface area contributed by atoms with Crippen molar-refractivity contribution in [3.63, 3.8) is 0 Å². The minimum atomic E-state index is -0.241. The van der Waals surface area contributed by atoms with Gasteiger partial charge in [0, 0.05) is 23.4 Å². The van der Waals surface area contributed by atoms with Gasteiger partial charge in [-0.2, -0.15) is 0 Å². The Balaban J connectivity index is 1.74. The predicted octanol–water partition coefficient (Wildman–Crippen LogP) is 5.30. The van der Waals surface area contributed by atoms with E-state index in [-0.39, 0.29) is 11.8 Å². The number of ether oxygens (including phenoxy) is 1. The smallest absolute Gasteiger partial charge is 0.255 e. The van der Waals surface area contributed by atoms with Crippen LogP contribution in [0, 0.1) is 0 Å². The maximum absolute atomic E-state index is 12.8. The Morgan fingerprint density at radius 3 is 1.94 bits per heavy atom. The molecule has 2 N–H and O–H groups in total. The summed E-state index contributed by atoms with van der Waals surface area (Å²) in [4.78, 5) is 27.6. The van der Waals surface area contributed by atoms with Crippen LogP contribution in [-0.2, 0) is 0 Å². The first kappa shape index (κ1) is 24.0. The Hall–Kier alpha value is -3.64. The molecule has 2 amide bonds. The summed E-state index contributed by atoms with van der Waals surface area (Å²) in [7, 11) is 0. The topological polar surface area (TPSA) is 70.7 Å². The van der Waals surface area contributed by atoms with Crippen molar-refractivity contribution in [2.24, 2.45) is 0 Å². The van der Waals surface area contributed by atoms with E-state index in [0.717, 1.165) is 26.1 Å². The minimum absolute atomic E-state index is 0.219. The second-order valence-corrected chi connectivity index (χ2v) is 7.58. The molecule has 0 saturated heterocycles. The van der Waals surface area contributed by atoms with E-state index in [1.807, 2.05) is 36.4 Å². The maximum atomic E-state index is 12.8. The van der Waals surface area contributed by atoms with Crippen molar-refractivity contribution in [3.05, 3.63) is 90.0 Å². The first-order valence-corrected chi connectivity index (χ1v) is 11.3. The molecule has 172 valence electrons. The van der Waals surface area contributed by atoms with Crippen LogP contribution in [0.2, 0.25) is 0 Å². The zero-order valence-corrected chi connectivity index (χ0v) is 19.2. The van der Waals surface area contributed by atoms with Crippen molar-refractivity contribution < 1.29 is 14.3 Å². The standard InChI is InChI=1S/C27H31N3O3/c1-3-30(4-2)18-11-19-33-25-17-16-23(28-26(31)21-12-7-5-8-13-21)20-24(25)29-27(32)22-14-9-6-10-15-22/h5-10,12-17,20H,3-4,11,18-19H2,1-2H3,(H,28,31)(H,29,32). The molecule has 0 bridgehead atoms. The SMILES string of the molecule is CCN(CC)CCCOc1ccc(NC(=O)c2ccccc2)cc1NC(=O)c1ccccc1. The first-order valence-electron chi connectivity index (χ1n) is 11.3. The molecule has 0 atom stereocenters. The van der Waals surface area contributed by atoms with Crippen LogP contribution in [0.15, 0.2) is 78.9 Å². The highest BCUT2D eigenvalue weighted by molar-refractivity contribution is 6.07. The molecule has 3 aromatic rings. The maximum Gasteiger partial charge on any atom is 0.255 e. The lowest BCUT2D eigenvalue weighted by molar-refractivity contribution is 0.101. The van der Waals surface area contributed by atoms with Crippen molar-refractivity contribution >= 4 is 23.2 Å². The number of carbonyl (C=O) groups is 2. The molecular formula is C27H31N3O3. The van der Waals surface area contributed by atoms with E-state index in [1.165, 1.54) is 0 Å². The molecule has 0 fully saturated rings. The lowest BCUT2D eigenvalue weighted by Crippen LogP contribution is -2.25. The molecule has 3 rings (SSSR count). The van der Waals surface area contributed by atoms with Crippen molar-refractivity contribution in [1.29, 1.82) is 0 Å². The molecule has 6 heteroatoms. The van der Waals surface area contributed by atoms with E-state index in [4.69, 9.17) is 4.74 Å². The Morgan fingerprint density at radius 2 is 1.36 bits per heavy atom. The number of carbonyl (C=O) groups excluding carboxylic acids is 2. The third-order valence-electron chi connectivity index (χ3n) is 5.33. The second kappa shape index (κ2) is 12.4. The number of hydrogen-bond donors (Lipinski definition) is 2. The Morgan fingerprint density at radius 1 is 0.788 bits per heavy atom. The van der Waals surface area contributed by atoms with Gasteiger partial charge in [0.15, 0.2) is 0 Å². The fourth-order valence-corrected chi connectivity index (χ4v) is 3.42. The molecule has 33 heavy (non-hydrogen) atoms. The quantitative estimate of drug-likeness (QED) is 0.393. The van der Waals surface area contributed by atoms with E-state index < -0.39 is 0 Å². The zero-order chi connectivity index (χ0) is 23.5. The van der Waals surface area contributed by atoms with Crippen LogP contribution in [-0.4, -0.2) is 43.0 Å². The number of amides is 2. The highest BCUT2D eigenvalue weighted by Crippen LogP contribution is 2.29. The van der Waals surface area contributed by atoms with Crippen molar-refractivity contribution in [2.75, 3.05) is 36.9 Å². The van der Waals surface area contributed by atoms with Gasteiger partial charge in [-0.3, -0.25) is 9.59 Å². The average Bonchev–Trinajstić information content (AvgIpc) is 2.86. The third kappa shape index (κ3) is 7.19. The van der Waals surface area contributed by atoms with Gasteiger partial charge >= 0.3 is 0 Å². The van der Waals surface area contributed by atoms with Crippen molar-refractivity contribution in [2.45, 2.75) is 20.3 Å². The Labute approximate surface area is 195 Å². The summed E-state index contributed by atoms with van der Waals surface area (Å²) in [5, 5.41) is 5.81. The van der Waals surface area contributed by atoms with Crippen LogP contribution in [0.3, 0.4) is 0 Å². The van der Waals surface area contributed by atoms with E-state index in [0.29, 0.717) is 34.9 Å². The molecule has 0 aliphatic rings. The number of rotatable bonds is 11. The van der Waals surface area contributed by atoms with Crippen LogP contribution >= 0.6 is 0 Å². The van der Waals surface area contributed by atoms with Gasteiger partial charge in [0.05, 0.1) is 12.3 Å². The highest BCUT2D eigenvalue weighted by atomic mass is 16.5. The van der Waals surface area contributed by atoms with Gasteiger partial charge in [0.1, 0.15) is 5.75 Å². The van der Waals surface area contributed by atoms with Gasteiger partial charge in [-0.25, -0.2) is 0 Å². The van der Waals surface area contributed by atoms with Gasteiger partial charge in [0.2, 0.25) is 0 Å². The van der Waals surface area contributed by atoms with Gasteiger partial charge in [-0.05, 0) is 62.0 Å². The zero-order valence-electron chi connectivity index (χ0n) is 19.2. The lowest BCUT2D eigenvalue weighted by Gasteiger charge is -2.19. The minimum Gasteiger partial charge on any atom is -0.491 e. The number of benzene rings is 3. The summed E-state index contributed by atoms with van der Waals surface area (Å²) >= 11 is 0. The largest absolute Gasteiger partial charge is 0.491 e. The molecule has 0 unspecified atom stereocenters. The van der Waals surface area contributed by atoms with E-state index in [1.54, 1.807) is 42.5 Å². The number of anilines is 2. The monoisotopic (exact) mass is 445 g/mol. The molecule has 0 heterocycles. The van der Waals surface area contributed by atoms with E-state index >= 15 is 0 Å². The van der Waals surface area contributed by atoms with Crippen LogP contribution in [0.1, 0.15) is 41.0 Å². The normalized spacial score (nSPS) is 10.6. The highest BCUT2D eigenvalue weighted by Gasteiger charge is 2.13. The van der Waals surface area contributed by atoms with Crippen LogP contribution in [0.5, 0.6) is 5.75 Å². The predicted molar refractivity (Wildman–Crippen MR) is 133 cm³/mol. The van der Waals surface area contributed by atoms with Gasteiger partial charge in [-0.1, -0.05) is 50.2 Å². The molecule has 0 radical (unpaired) electrons. The molecule has 0 aliphatic heterocycles. The van der Waals surface area contributed by atoms with Gasteiger partial charge < -0.3 is 20.3 Å². The fourth-order valence-electron chi connectivity index (χ4n) is 3.42. The molecule has 6 nitrogen and oxygen atoms in total. The fraction of sp³-hybridized carbons (Fsp3) is 0.259. The summed E-state index contributed by atoms with van der Waals surface area (Å²) in [6.45, 7) is 7.77. The summed E-state index contributed by atoms with van der Waals surface area (Å²) in [5.74, 6) is 0.107. The molecule has 3 aromatic carbocycles. The van der Waals surface area contributed by atoms with Crippen LogP contribution in [0.25, 0.3) is 0 Å². The molecule has 0 aliphatic carbocycles. The van der Waals surface area contributed by atoms with Crippen molar-refractivity contribution in [1.82, 2.24) is 4.90 Å². The number of hydrogen-bond acceptors (Lipinski definition) is 4. The molecule has 0 aromatic heterocycles. The first-order chi connectivity index (χ1) is 16.1. The van der Waals surface area contributed by atoms with E-state index in [2.05, 4.69) is 29.4 Å². The second-order valence-electron chi connectivity index (χ2n) is 7.58. The summed E-state index contributed by atoms with van der Waals surface area (Å²) in [6.07, 6.45) is 0.875. The number of nitrogens with one attached hydrogen (secondary N) is 2. The summed E-state index contributed by atoms with van der Waals surface area (Å²) < 4.78 is 6.00. The summed E-state index contributed by atoms with van der Waals surface area (Å²) in [6, 6.07) is 23.3. The Kier molecular flexibility index (Phi) is 9.03. The number of nitrogens with zero attached hydrogens (tertiary/aromatic N) is 1. The lowest BCUT2D eigenvalue weighted by atomic mass is 10.2. The van der Waals surface area contributed by atoms with Crippen LogP contribution < -0.4 is 15.4 Å². The van der Waals surface area contributed by atoms with Gasteiger partial charge in [-0.15, -0.1) is 0 Å². The molecule has 0 saturated carbocycles. The van der Waals surface area contributed by atoms with Crippen LogP contribution in [0.4, 0.5) is 11.4 Å². The van der Waals surface area contributed by atoms with Gasteiger partial charge in [0.25, 0.3) is 11.8 Å². The van der Waals surface area contributed by atoms with Crippen molar-refractivity contribution in [3.8, 4) is 5.75 Å².